The molecule has 0 bridgehead atoms. The summed E-state index contributed by atoms with van der Waals surface area (Å²) >= 11 is 5.90. The molecule has 2 aromatic heterocycles. The van der Waals surface area contributed by atoms with E-state index in [0.717, 1.165) is 0 Å². The second kappa shape index (κ2) is 7.92. The Morgan fingerprint density at radius 2 is 2.04 bits per heavy atom. The van der Waals surface area contributed by atoms with Gasteiger partial charge in [0.2, 0.25) is 5.28 Å². The Kier molecular flexibility index (Phi) is 6.09. The number of anilines is 1. The van der Waals surface area contributed by atoms with E-state index >= 15 is 0 Å². The summed E-state index contributed by atoms with van der Waals surface area (Å²) in [6.07, 6.45) is -1.98. The number of ether oxygens (including phenoxy) is 1. The average Bonchev–Trinajstić information content (AvgIpc) is 3.13. The van der Waals surface area contributed by atoms with Crippen LogP contribution in [0.3, 0.4) is 0 Å². The van der Waals surface area contributed by atoms with Crippen LogP contribution in [0.1, 0.15) is 12.6 Å². The van der Waals surface area contributed by atoms with Crippen LogP contribution in [0.5, 0.6) is 0 Å². The van der Waals surface area contributed by atoms with Crippen LogP contribution in [0.25, 0.3) is 11.2 Å². The fraction of sp³-hybridized carbons (Fsp3) is 0.545. The lowest BCUT2D eigenvalue weighted by molar-refractivity contribution is -0.0417. The molecule has 1 saturated heterocycles. The number of hydrogen-bond acceptors (Lipinski definition) is 9. The largest absolute Gasteiger partial charge is 0.469 e. The quantitative estimate of drug-likeness (QED) is 0.282. The van der Waals surface area contributed by atoms with Crippen molar-refractivity contribution in [2.45, 2.75) is 24.9 Å². The molecule has 0 spiro atoms. The molecule has 3 heterocycles. The zero-order chi connectivity index (χ0) is 20.7. The summed E-state index contributed by atoms with van der Waals surface area (Å²) in [4.78, 5) is 48.1. The van der Waals surface area contributed by atoms with Crippen molar-refractivity contribution in [3.63, 3.8) is 0 Å². The van der Waals surface area contributed by atoms with Crippen molar-refractivity contribution in [3.05, 3.63) is 11.6 Å². The summed E-state index contributed by atoms with van der Waals surface area (Å²) in [5.41, 5.74) is 0.652. The first-order chi connectivity index (χ1) is 13.0. The van der Waals surface area contributed by atoms with E-state index in [0.29, 0.717) is 11.3 Å². The molecule has 3 rings (SSSR count). The minimum atomic E-state index is -4.90. The molecule has 0 saturated carbocycles. The molecule has 14 nitrogen and oxygen atoms in total. The van der Waals surface area contributed by atoms with E-state index in [1.807, 2.05) is 0 Å². The van der Waals surface area contributed by atoms with Crippen molar-refractivity contribution < 1.29 is 42.5 Å². The first-order valence-electron chi connectivity index (χ1n) is 7.64. The molecule has 0 amide bonds. The summed E-state index contributed by atoms with van der Waals surface area (Å²) in [5.74, 6) is 0.358. The van der Waals surface area contributed by atoms with Crippen LogP contribution < -0.4 is 5.32 Å². The lowest BCUT2D eigenvalue weighted by Gasteiger charge is -2.19. The van der Waals surface area contributed by atoms with Gasteiger partial charge in [-0.3, -0.25) is 13.6 Å². The molecule has 28 heavy (non-hydrogen) atoms. The average molecular weight is 460 g/mol. The maximum atomic E-state index is 11.2. The molecule has 3 atom stereocenters. The van der Waals surface area contributed by atoms with Crippen molar-refractivity contribution in [2.75, 3.05) is 19.0 Å². The second-order valence-electron chi connectivity index (χ2n) is 5.70. The van der Waals surface area contributed by atoms with E-state index in [2.05, 4.69) is 29.3 Å². The van der Waals surface area contributed by atoms with Gasteiger partial charge < -0.3 is 29.6 Å². The predicted molar refractivity (Wildman–Crippen MR) is 93.3 cm³/mol. The van der Waals surface area contributed by atoms with Crippen LogP contribution in [0.4, 0.5) is 5.82 Å². The van der Waals surface area contributed by atoms with Crippen molar-refractivity contribution >= 4 is 44.2 Å². The van der Waals surface area contributed by atoms with Gasteiger partial charge in [0.05, 0.1) is 12.9 Å². The second-order valence-corrected chi connectivity index (χ2v) is 8.47. The lowest BCUT2D eigenvalue weighted by atomic mass is 10.2. The molecular weight excluding hydrogens is 444 g/mol. The highest BCUT2D eigenvalue weighted by atomic mass is 35.5. The van der Waals surface area contributed by atoms with Crippen molar-refractivity contribution in [1.82, 2.24) is 19.5 Å². The monoisotopic (exact) mass is 459 g/mol. The van der Waals surface area contributed by atoms with Crippen LogP contribution in [0.15, 0.2) is 6.33 Å². The third kappa shape index (κ3) is 5.05. The van der Waals surface area contributed by atoms with Crippen LogP contribution in [0, 0.1) is 0 Å². The minimum Gasteiger partial charge on any atom is -0.371 e. The highest BCUT2D eigenvalue weighted by molar-refractivity contribution is 7.46. The highest BCUT2D eigenvalue weighted by Crippen LogP contribution is 2.45. The first-order valence-corrected chi connectivity index (χ1v) is 11.1. The van der Waals surface area contributed by atoms with E-state index < -0.39 is 40.7 Å². The number of fused-ring (bicyclic) bond motifs is 1. The summed E-state index contributed by atoms with van der Waals surface area (Å²) in [6.45, 7) is -0.657. The van der Waals surface area contributed by atoms with Crippen LogP contribution >= 0.6 is 27.2 Å². The van der Waals surface area contributed by atoms with Gasteiger partial charge in [0.1, 0.15) is 18.4 Å². The third-order valence-corrected chi connectivity index (χ3v) is 5.00. The Hall–Kier alpha value is -1.18. The topological polar surface area (TPSA) is 198 Å². The van der Waals surface area contributed by atoms with Gasteiger partial charge in [-0.1, -0.05) is 0 Å². The normalized spacial score (nSPS) is 23.4. The number of hydrogen-bond donors (Lipinski definition) is 5. The van der Waals surface area contributed by atoms with Crippen LogP contribution in [-0.4, -0.2) is 65.0 Å². The van der Waals surface area contributed by atoms with E-state index in [1.54, 1.807) is 7.05 Å². The lowest BCUT2D eigenvalue weighted by Crippen LogP contribution is -2.28. The summed E-state index contributed by atoms with van der Waals surface area (Å²) in [5, 5.41) is 2.75. The molecule has 1 aliphatic heterocycles. The molecule has 1 fully saturated rings. The zero-order valence-electron chi connectivity index (χ0n) is 14.1. The molecule has 1 aliphatic rings. The summed E-state index contributed by atoms with van der Waals surface area (Å²) in [7, 11) is -8.11. The Morgan fingerprint density at radius 1 is 1.32 bits per heavy atom. The Bertz CT molecular complexity index is 961. The summed E-state index contributed by atoms with van der Waals surface area (Å²) in [6, 6.07) is 0. The molecule has 0 unspecified atom stereocenters. The van der Waals surface area contributed by atoms with Crippen LogP contribution in [-0.2, 0) is 22.9 Å². The molecule has 2 aromatic rings. The SMILES string of the molecule is CNc1nc(Cl)nc2c1ncn2[C@H]1C[C@@H](OP(=O)(O)O)[C@@H](COP(=O)(O)O)O1. The van der Waals surface area contributed by atoms with Gasteiger partial charge in [-0.2, -0.15) is 9.97 Å². The number of nitrogens with zero attached hydrogens (tertiary/aromatic N) is 4. The molecule has 0 radical (unpaired) electrons. The first kappa shape index (κ1) is 21.5. The van der Waals surface area contributed by atoms with E-state index in [1.165, 1.54) is 10.9 Å². The molecule has 0 aliphatic carbocycles. The minimum absolute atomic E-state index is 0.0685. The highest BCUT2D eigenvalue weighted by Gasteiger charge is 2.42. The number of imidazole rings is 1. The number of rotatable bonds is 7. The molecule has 17 heteroatoms. The van der Waals surface area contributed by atoms with Gasteiger partial charge >= 0.3 is 15.6 Å². The number of phosphoric acid groups is 2. The van der Waals surface area contributed by atoms with Crippen molar-refractivity contribution in [2.24, 2.45) is 0 Å². The maximum Gasteiger partial charge on any atom is 0.469 e. The van der Waals surface area contributed by atoms with Gasteiger partial charge in [-0.15, -0.1) is 0 Å². The Labute approximate surface area is 162 Å². The fourth-order valence-corrected chi connectivity index (χ4v) is 3.83. The molecular formula is C11H16ClN5O9P2. The number of aromatic nitrogens is 4. The third-order valence-electron chi connectivity index (χ3n) is 3.80. The van der Waals surface area contributed by atoms with Gasteiger partial charge in [-0.05, 0) is 11.6 Å². The molecule has 5 N–H and O–H groups in total. The van der Waals surface area contributed by atoms with E-state index in [-0.39, 0.29) is 17.4 Å². The Morgan fingerprint density at radius 3 is 2.64 bits per heavy atom. The zero-order valence-corrected chi connectivity index (χ0v) is 16.7. The van der Waals surface area contributed by atoms with E-state index in [9.17, 15) is 9.13 Å². The maximum absolute atomic E-state index is 11.2. The number of halogens is 1. The van der Waals surface area contributed by atoms with Gasteiger partial charge in [0.25, 0.3) is 0 Å². The number of phosphoric ester groups is 2. The number of nitrogens with one attached hydrogen (secondary N) is 1. The van der Waals surface area contributed by atoms with Crippen molar-refractivity contribution in [1.29, 1.82) is 0 Å². The standard InChI is InChI=1S/C11H16ClN5O9P2/c1-13-9-8-10(16-11(12)15-9)17(4-14-8)7-2-5(26-28(21,22)23)6(25-7)3-24-27(18,19)20/h4-7H,2-3H2,1H3,(H,13,15,16)(H2,18,19,20)(H2,21,22,23)/t5-,6-,7-/m1/s1. The van der Waals surface area contributed by atoms with E-state index in [4.69, 9.17) is 35.9 Å². The van der Waals surface area contributed by atoms with Gasteiger partial charge in [0, 0.05) is 13.5 Å². The molecule has 156 valence electrons. The molecule has 0 aromatic carbocycles. The van der Waals surface area contributed by atoms with Gasteiger partial charge in [0.15, 0.2) is 17.0 Å². The summed E-state index contributed by atoms with van der Waals surface area (Å²) < 4.78 is 38.3. The Balaban J connectivity index is 1.90. The smallest absolute Gasteiger partial charge is 0.371 e. The van der Waals surface area contributed by atoms with Crippen molar-refractivity contribution in [3.8, 4) is 0 Å². The van der Waals surface area contributed by atoms with Crippen LogP contribution in [0.2, 0.25) is 5.28 Å². The van der Waals surface area contributed by atoms with Gasteiger partial charge in [-0.25, -0.2) is 14.1 Å². The predicted octanol–water partition coefficient (Wildman–Crippen LogP) is 0.396. The fourth-order valence-electron chi connectivity index (χ4n) is 2.75.